The van der Waals surface area contributed by atoms with Crippen LogP contribution >= 0.6 is 11.6 Å². The molecule has 0 aromatic carbocycles. The third kappa shape index (κ3) is 4.78. The van der Waals surface area contributed by atoms with E-state index in [1.54, 1.807) is 0 Å². The maximum atomic E-state index is 10.1. The van der Waals surface area contributed by atoms with E-state index >= 15 is 0 Å². The van der Waals surface area contributed by atoms with Crippen LogP contribution in [0.5, 0.6) is 0 Å². The zero-order chi connectivity index (χ0) is 8.85. The number of aliphatic carboxylic acids is 1. The number of carboxylic acid groups (broad SMARTS) is 1. The van der Waals surface area contributed by atoms with Gasteiger partial charge in [-0.15, -0.1) is 0 Å². The summed E-state index contributed by atoms with van der Waals surface area (Å²) in [6.07, 6.45) is 1.52. The SMILES string of the molecule is NC(CC=C(Cl)CO)C(=O)O. The van der Waals surface area contributed by atoms with Crippen molar-refractivity contribution in [2.75, 3.05) is 6.61 Å². The highest BCUT2D eigenvalue weighted by Gasteiger charge is 2.08. The minimum Gasteiger partial charge on any atom is -0.480 e. The van der Waals surface area contributed by atoms with Gasteiger partial charge in [0.25, 0.3) is 0 Å². The molecule has 0 aromatic heterocycles. The molecule has 1 unspecified atom stereocenters. The van der Waals surface area contributed by atoms with Gasteiger partial charge < -0.3 is 15.9 Å². The molecule has 0 heterocycles. The Morgan fingerprint density at radius 1 is 1.73 bits per heavy atom. The lowest BCUT2D eigenvalue weighted by atomic mass is 10.2. The molecule has 0 aromatic rings. The summed E-state index contributed by atoms with van der Waals surface area (Å²) >= 11 is 5.38. The molecular formula is C6H10ClNO3. The van der Waals surface area contributed by atoms with E-state index in [1.807, 2.05) is 0 Å². The van der Waals surface area contributed by atoms with E-state index in [0.717, 1.165) is 0 Å². The van der Waals surface area contributed by atoms with Gasteiger partial charge in [-0.3, -0.25) is 4.79 Å². The molecule has 0 fully saturated rings. The van der Waals surface area contributed by atoms with Crippen LogP contribution in [-0.2, 0) is 4.79 Å². The maximum Gasteiger partial charge on any atom is 0.320 e. The topological polar surface area (TPSA) is 83.5 Å². The highest BCUT2D eigenvalue weighted by Crippen LogP contribution is 2.02. The average molecular weight is 180 g/mol. The zero-order valence-corrected chi connectivity index (χ0v) is 6.58. The first-order valence-corrected chi connectivity index (χ1v) is 3.39. The summed E-state index contributed by atoms with van der Waals surface area (Å²) in [5, 5.41) is 16.9. The van der Waals surface area contributed by atoms with Crippen LogP contribution in [0.2, 0.25) is 0 Å². The predicted molar refractivity (Wildman–Crippen MR) is 41.3 cm³/mol. The Bertz CT molecular complexity index is 169. The van der Waals surface area contributed by atoms with Crippen molar-refractivity contribution in [1.82, 2.24) is 0 Å². The smallest absolute Gasteiger partial charge is 0.320 e. The van der Waals surface area contributed by atoms with E-state index in [-0.39, 0.29) is 18.1 Å². The molecule has 0 spiro atoms. The van der Waals surface area contributed by atoms with Crippen LogP contribution in [0.4, 0.5) is 0 Å². The molecule has 0 radical (unpaired) electrons. The predicted octanol–water partition coefficient (Wildman–Crippen LogP) is -0.0966. The van der Waals surface area contributed by atoms with Crippen molar-refractivity contribution in [3.05, 3.63) is 11.1 Å². The lowest BCUT2D eigenvalue weighted by Gasteiger charge is -2.00. The summed E-state index contributed by atoms with van der Waals surface area (Å²) in [7, 11) is 0. The first-order valence-electron chi connectivity index (χ1n) is 3.01. The molecule has 0 amide bonds. The number of hydrogen-bond donors (Lipinski definition) is 3. The van der Waals surface area contributed by atoms with Crippen LogP contribution in [0.25, 0.3) is 0 Å². The number of nitrogens with two attached hydrogens (primary N) is 1. The average Bonchev–Trinajstić information content (AvgIpc) is 1.99. The second kappa shape index (κ2) is 5.12. The molecule has 11 heavy (non-hydrogen) atoms. The van der Waals surface area contributed by atoms with Crippen molar-refractivity contribution in [2.45, 2.75) is 12.5 Å². The Morgan fingerprint density at radius 2 is 2.27 bits per heavy atom. The van der Waals surface area contributed by atoms with Crippen molar-refractivity contribution in [2.24, 2.45) is 5.73 Å². The van der Waals surface area contributed by atoms with E-state index in [0.29, 0.717) is 0 Å². The fourth-order valence-corrected chi connectivity index (χ4v) is 0.509. The molecule has 5 heteroatoms. The van der Waals surface area contributed by atoms with Gasteiger partial charge in [0.1, 0.15) is 6.04 Å². The van der Waals surface area contributed by atoms with Crippen molar-refractivity contribution < 1.29 is 15.0 Å². The summed E-state index contributed by atoms with van der Waals surface area (Å²) in [6.45, 7) is -0.284. The Kier molecular flexibility index (Phi) is 4.85. The van der Waals surface area contributed by atoms with Gasteiger partial charge in [0.15, 0.2) is 0 Å². The molecular weight excluding hydrogens is 170 g/mol. The number of carbonyl (C=O) groups is 1. The normalized spacial score (nSPS) is 14.6. The minimum absolute atomic E-state index is 0.134. The van der Waals surface area contributed by atoms with Crippen molar-refractivity contribution in [3.63, 3.8) is 0 Å². The molecule has 0 aliphatic rings. The third-order valence-electron chi connectivity index (χ3n) is 1.06. The van der Waals surface area contributed by atoms with E-state index in [9.17, 15) is 4.79 Å². The maximum absolute atomic E-state index is 10.1. The van der Waals surface area contributed by atoms with Gasteiger partial charge in [-0.05, 0) is 6.42 Å². The number of aliphatic hydroxyl groups excluding tert-OH is 1. The molecule has 4 N–H and O–H groups in total. The summed E-state index contributed by atoms with van der Waals surface area (Å²) in [6, 6.07) is -0.949. The van der Waals surface area contributed by atoms with Gasteiger partial charge in [0.05, 0.1) is 6.61 Å². The van der Waals surface area contributed by atoms with Gasteiger partial charge >= 0.3 is 5.97 Å². The largest absolute Gasteiger partial charge is 0.480 e. The molecule has 4 nitrogen and oxygen atoms in total. The van der Waals surface area contributed by atoms with Gasteiger partial charge in [0, 0.05) is 5.03 Å². The van der Waals surface area contributed by atoms with Crippen molar-refractivity contribution >= 4 is 17.6 Å². The zero-order valence-electron chi connectivity index (χ0n) is 5.83. The van der Waals surface area contributed by atoms with E-state index in [1.165, 1.54) is 6.08 Å². The molecule has 0 saturated carbocycles. The number of aliphatic hydroxyl groups is 1. The molecule has 0 aliphatic carbocycles. The van der Waals surface area contributed by atoms with E-state index in [4.69, 9.17) is 27.5 Å². The summed E-state index contributed by atoms with van der Waals surface area (Å²) in [5.41, 5.74) is 5.14. The minimum atomic E-state index is -1.08. The molecule has 0 rings (SSSR count). The third-order valence-corrected chi connectivity index (χ3v) is 1.34. The summed E-state index contributed by atoms with van der Waals surface area (Å²) in [5.74, 6) is -1.08. The Labute approximate surface area is 69.3 Å². The van der Waals surface area contributed by atoms with Gasteiger partial charge in [-0.25, -0.2) is 0 Å². The van der Waals surface area contributed by atoms with Crippen LogP contribution < -0.4 is 5.73 Å². The van der Waals surface area contributed by atoms with Crippen LogP contribution in [0.15, 0.2) is 11.1 Å². The Hall–Kier alpha value is -0.580. The lowest BCUT2D eigenvalue weighted by Crippen LogP contribution is -2.29. The summed E-state index contributed by atoms with van der Waals surface area (Å²) < 4.78 is 0. The van der Waals surface area contributed by atoms with Crippen LogP contribution in [0, 0.1) is 0 Å². The number of halogens is 1. The molecule has 0 bridgehead atoms. The van der Waals surface area contributed by atoms with E-state index < -0.39 is 12.0 Å². The quantitative estimate of drug-likeness (QED) is 0.563. The van der Waals surface area contributed by atoms with Crippen LogP contribution in [0.3, 0.4) is 0 Å². The highest BCUT2D eigenvalue weighted by atomic mass is 35.5. The molecule has 0 saturated heterocycles. The Morgan fingerprint density at radius 3 is 2.64 bits per heavy atom. The molecule has 64 valence electrons. The monoisotopic (exact) mass is 179 g/mol. The first-order chi connectivity index (χ1) is 5.07. The first kappa shape index (κ1) is 10.4. The summed E-state index contributed by atoms with van der Waals surface area (Å²) in [4.78, 5) is 10.1. The van der Waals surface area contributed by atoms with E-state index in [2.05, 4.69) is 0 Å². The number of rotatable bonds is 4. The lowest BCUT2D eigenvalue weighted by molar-refractivity contribution is -0.138. The molecule has 0 aliphatic heterocycles. The second-order valence-corrected chi connectivity index (χ2v) is 2.48. The fourth-order valence-electron chi connectivity index (χ4n) is 0.420. The van der Waals surface area contributed by atoms with Gasteiger partial charge in [-0.1, -0.05) is 17.7 Å². The van der Waals surface area contributed by atoms with Crippen LogP contribution in [-0.4, -0.2) is 28.8 Å². The molecule has 1 atom stereocenters. The highest BCUT2D eigenvalue weighted by molar-refractivity contribution is 6.29. The number of hydrogen-bond acceptors (Lipinski definition) is 3. The van der Waals surface area contributed by atoms with Crippen LogP contribution in [0.1, 0.15) is 6.42 Å². The number of carboxylic acids is 1. The van der Waals surface area contributed by atoms with Gasteiger partial charge in [-0.2, -0.15) is 0 Å². The standard InChI is InChI=1S/C6H10ClNO3/c7-4(3-9)1-2-5(8)6(10)11/h1,5,9H,2-3,8H2,(H,10,11). The second-order valence-electron chi connectivity index (χ2n) is 1.99. The fraction of sp³-hybridized carbons (Fsp3) is 0.500. The Balaban J connectivity index is 3.78. The van der Waals surface area contributed by atoms with Gasteiger partial charge in [0.2, 0.25) is 0 Å². The van der Waals surface area contributed by atoms with Crippen molar-refractivity contribution in [1.29, 1.82) is 0 Å². The van der Waals surface area contributed by atoms with Crippen molar-refractivity contribution in [3.8, 4) is 0 Å².